The van der Waals surface area contributed by atoms with Gasteiger partial charge >= 0.3 is 12.2 Å². The fourth-order valence-electron chi connectivity index (χ4n) is 5.42. The second kappa shape index (κ2) is 17.4. The maximum Gasteiger partial charge on any atom is 0.410 e. The zero-order chi connectivity index (χ0) is 31.5. The molecule has 1 saturated heterocycles. The number of halogens is 1. The third kappa shape index (κ3) is 9.32. The summed E-state index contributed by atoms with van der Waals surface area (Å²) in [6, 6.07) is 5.11. The van der Waals surface area contributed by atoms with Gasteiger partial charge in [-0.1, -0.05) is 51.3 Å². The summed E-state index contributed by atoms with van der Waals surface area (Å²) in [5.74, 6) is -0.0240. The number of aliphatic imine (C=N–C) groups is 1. The SMILES string of the molecule is C.C=CN=C(/C=C\C)C(c1ccc(Cl)cc1C(=C)C(NC(=O)OCCC)c1cncn1C)C1CCN(C(=O)OC(C)C)CC1. The van der Waals surface area contributed by atoms with Crippen LogP contribution in [0.15, 0.2) is 67.2 Å². The molecule has 0 spiro atoms. The lowest BCUT2D eigenvalue weighted by molar-refractivity contribution is 0.0648. The van der Waals surface area contributed by atoms with Gasteiger partial charge < -0.3 is 24.3 Å². The fourth-order valence-corrected chi connectivity index (χ4v) is 5.59. The van der Waals surface area contributed by atoms with Crippen LogP contribution in [-0.2, 0) is 16.5 Å². The van der Waals surface area contributed by atoms with Crippen LogP contribution in [0.4, 0.5) is 9.59 Å². The zero-order valence-electron chi connectivity index (χ0n) is 25.9. The number of hydrogen-bond acceptors (Lipinski definition) is 6. The largest absolute Gasteiger partial charge is 0.450 e. The molecule has 1 N–H and O–H groups in total. The number of rotatable bonds is 12. The number of alkyl carbamates (subject to hydrolysis) is 1. The van der Waals surface area contributed by atoms with E-state index in [2.05, 4.69) is 23.5 Å². The van der Waals surface area contributed by atoms with Crippen LogP contribution >= 0.6 is 11.6 Å². The van der Waals surface area contributed by atoms with Gasteiger partial charge in [-0.25, -0.2) is 14.6 Å². The van der Waals surface area contributed by atoms with E-state index in [1.54, 1.807) is 23.6 Å². The number of nitrogens with zero attached hydrogens (tertiary/aromatic N) is 4. The average Bonchev–Trinajstić information content (AvgIpc) is 3.40. The van der Waals surface area contributed by atoms with Gasteiger partial charge in [-0.3, -0.25) is 4.99 Å². The van der Waals surface area contributed by atoms with Crippen LogP contribution < -0.4 is 5.32 Å². The van der Waals surface area contributed by atoms with Crippen molar-refractivity contribution in [3.05, 3.63) is 84.1 Å². The lowest BCUT2D eigenvalue weighted by Gasteiger charge is -2.37. The van der Waals surface area contributed by atoms with Crippen molar-refractivity contribution in [2.24, 2.45) is 18.0 Å². The number of allylic oxidation sites excluding steroid dienone is 2. The second-order valence-electron chi connectivity index (χ2n) is 10.9. The Morgan fingerprint density at radius 3 is 2.55 bits per heavy atom. The summed E-state index contributed by atoms with van der Waals surface area (Å²) in [7, 11) is 1.86. The van der Waals surface area contributed by atoms with Crippen LogP contribution in [-0.4, -0.2) is 58.1 Å². The van der Waals surface area contributed by atoms with Crippen molar-refractivity contribution in [3.63, 3.8) is 0 Å². The number of aryl methyl sites for hydroxylation is 1. The first-order valence-electron chi connectivity index (χ1n) is 14.8. The van der Waals surface area contributed by atoms with Crippen molar-refractivity contribution < 1.29 is 19.1 Å². The molecule has 240 valence electrons. The normalized spacial score (nSPS) is 15.4. The van der Waals surface area contributed by atoms with E-state index in [4.69, 9.17) is 26.1 Å². The molecule has 1 fully saturated rings. The molecule has 2 atom stereocenters. The van der Waals surface area contributed by atoms with Gasteiger partial charge in [0, 0.05) is 43.0 Å². The Labute approximate surface area is 267 Å². The minimum absolute atomic E-state index is 0. The summed E-state index contributed by atoms with van der Waals surface area (Å²) >= 11 is 6.59. The molecule has 10 heteroatoms. The molecular formula is C34H48ClN5O4. The van der Waals surface area contributed by atoms with Gasteiger partial charge in [0.15, 0.2) is 0 Å². The summed E-state index contributed by atoms with van der Waals surface area (Å²) in [6.07, 6.45) is 10.0. The lowest BCUT2D eigenvalue weighted by atomic mass is 9.74. The van der Waals surface area contributed by atoms with Gasteiger partial charge in [0.2, 0.25) is 0 Å². The Bertz CT molecular complexity index is 1340. The quantitative estimate of drug-likeness (QED) is 0.240. The number of imidazole rings is 1. The monoisotopic (exact) mass is 625 g/mol. The maximum atomic E-state index is 12.8. The van der Waals surface area contributed by atoms with Gasteiger partial charge in [-0.15, -0.1) is 0 Å². The van der Waals surface area contributed by atoms with Crippen LogP contribution in [0.25, 0.3) is 5.57 Å². The van der Waals surface area contributed by atoms with Crippen molar-refractivity contribution in [1.29, 1.82) is 0 Å². The van der Waals surface area contributed by atoms with Crippen molar-refractivity contribution in [3.8, 4) is 0 Å². The highest BCUT2D eigenvalue weighted by molar-refractivity contribution is 6.30. The smallest absolute Gasteiger partial charge is 0.410 e. The predicted molar refractivity (Wildman–Crippen MR) is 179 cm³/mol. The van der Waals surface area contributed by atoms with Crippen molar-refractivity contribution in [2.75, 3.05) is 19.7 Å². The number of amides is 2. The Kier molecular flexibility index (Phi) is 14.4. The molecule has 9 nitrogen and oxygen atoms in total. The zero-order valence-corrected chi connectivity index (χ0v) is 26.6. The lowest BCUT2D eigenvalue weighted by Crippen LogP contribution is -2.41. The molecule has 1 aliphatic rings. The minimum atomic E-state index is -0.635. The number of ether oxygens (including phenoxy) is 2. The van der Waals surface area contributed by atoms with E-state index in [1.165, 1.54) is 0 Å². The third-order valence-corrected chi connectivity index (χ3v) is 7.63. The van der Waals surface area contributed by atoms with E-state index >= 15 is 0 Å². The van der Waals surface area contributed by atoms with E-state index < -0.39 is 12.1 Å². The van der Waals surface area contributed by atoms with Gasteiger partial charge in [0.05, 0.1) is 37.0 Å². The van der Waals surface area contributed by atoms with E-state index in [9.17, 15) is 9.59 Å². The van der Waals surface area contributed by atoms with Gasteiger partial charge in [0.25, 0.3) is 0 Å². The van der Waals surface area contributed by atoms with Crippen LogP contribution in [0.5, 0.6) is 0 Å². The molecule has 0 bridgehead atoms. The molecule has 1 aromatic heterocycles. The Balaban J connectivity index is 0.00000675. The maximum absolute atomic E-state index is 12.8. The summed E-state index contributed by atoms with van der Waals surface area (Å²) in [5, 5.41) is 3.53. The number of aromatic nitrogens is 2. The molecule has 3 rings (SSSR count). The van der Waals surface area contributed by atoms with E-state index in [-0.39, 0.29) is 31.5 Å². The number of carbonyl (C=O) groups excluding carboxylic acids is 2. The first-order chi connectivity index (χ1) is 20.6. The highest BCUT2D eigenvalue weighted by Crippen LogP contribution is 2.41. The first kappa shape index (κ1) is 36.3. The Morgan fingerprint density at radius 2 is 1.98 bits per heavy atom. The van der Waals surface area contributed by atoms with Crippen molar-refractivity contribution in [1.82, 2.24) is 19.8 Å². The molecular weight excluding hydrogens is 578 g/mol. The van der Waals surface area contributed by atoms with E-state index in [0.717, 1.165) is 35.4 Å². The fraction of sp³-hybridized carbons (Fsp3) is 0.471. The first-order valence-corrected chi connectivity index (χ1v) is 15.1. The standard InChI is InChI=1S/C33H44ClN5O4.CH4/c1-8-11-28(36-10-3)30(24-14-16-39(17-15-24)33(41)43-22(4)5)26-13-12-25(34)19-27(26)23(6)31(29-20-35-21-38(29)7)37-32(40)42-18-9-2;/h8,10-13,19-22,24,30-31H,3,6,9,14-18H2,1-2,4-5,7H3,(H,37,40);1H4/b11-8-,36-28?;. The van der Waals surface area contributed by atoms with Crippen molar-refractivity contribution in [2.45, 2.75) is 72.4 Å². The summed E-state index contributed by atoms with van der Waals surface area (Å²) in [5.41, 5.74) is 3.97. The van der Waals surface area contributed by atoms with E-state index in [0.29, 0.717) is 36.7 Å². The summed E-state index contributed by atoms with van der Waals surface area (Å²) in [4.78, 5) is 36.2. The van der Waals surface area contributed by atoms with Gasteiger partial charge in [-0.2, -0.15) is 0 Å². The highest BCUT2D eigenvalue weighted by atomic mass is 35.5. The number of carbonyl (C=O) groups is 2. The third-order valence-electron chi connectivity index (χ3n) is 7.40. The number of likely N-dealkylation sites (tertiary alicyclic amines) is 1. The van der Waals surface area contributed by atoms with Crippen molar-refractivity contribution >= 4 is 35.1 Å². The predicted octanol–water partition coefficient (Wildman–Crippen LogP) is 8.10. The van der Waals surface area contributed by atoms with Crippen LogP contribution in [0, 0.1) is 5.92 Å². The average molecular weight is 626 g/mol. The molecule has 0 saturated carbocycles. The molecule has 2 unspecified atom stereocenters. The topological polar surface area (TPSA) is 98.0 Å². The highest BCUT2D eigenvalue weighted by Gasteiger charge is 2.35. The summed E-state index contributed by atoms with van der Waals surface area (Å²) < 4.78 is 12.7. The summed E-state index contributed by atoms with van der Waals surface area (Å²) in [6.45, 7) is 17.4. The number of benzene rings is 1. The van der Waals surface area contributed by atoms with Crippen LogP contribution in [0.1, 0.15) is 83.2 Å². The molecule has 0 radical (unpaired) electrons. The molecule has 1 aromatic carbocycles. The second-order valence-corrected chi connectivity index (χ2v) is 11.3. The van der Waals surface area contributed by atoms with Gasteiger partial charge in [-0.05, 0) is 80.9 Å². The molecule has 2 amide bonds. The molecule has 1 aliphatic heterocycles. The number of nitrogens with one attached hydrogen (secondary N) is 1. The molecule has 2 aromatic rings. The van der Waals surface area contributed by atoms with Crippen LogP contribution in [0.2, 0.25) is 5.02 Å². The Morgan fingerprint density at radius 1 is 1.27 bits per heavy atom. The van der Waals surface area contributed by atoms with Gasteiger partial charge in [0.1, 0.15) is 0 Å². The minimum Gasteiger partial charge on any atom is -0.450 e. The molecule has 2 heterocycles. The Hall–Kier alpha value is -3.85. The van der Waals surface area contributed by atoms with Crippen LogP contribution in [0.3, 0.4) is 0 Å². The molecule has 0 aliphatic carbocycles. The number of hydrogen-bond donors (Lipinski definition) is 1. The number of piperidine rings is 1. The van der Waals surface area contributed by atoms with E-state index in [1.807, 2.05) is 69.7 Å². The molecule has 44 heavy (non-hydrogen) atoms.